The van der Waals surface area contributed by atoms with Gasteiger partial charge in [0, 0.05) is 29.5 Å². The van der Waals surface area contributed by atoms with Crippen molar-refractivity contribution in [2.75, 3.05) is 0 Å². The Morgan fingerprint density at radius 3 is 2.81 bits per heavy atom. The molecule has 0 saturated heterocycles. The third-order valence-electron chi connectivity index (χ3n) is 4.82. The average Bonchev–Trinajstić information content (AvgIpc) is 2.89. The minimum Gasteiger partial charge on any atom is -0.488 e. The van der Waals surface area contributed by atoms with E-state index in [1.165, 1.54) is 5.56 Å². The van der Waals surface area contributed by atoms with Crippen molar-refractivity contribution in [3.8, 4) is 11.8 Å². The Kier molecular flexibility index (Phi) is 4.75. The lowest BCUT2D eigenvalue weighted by molar-refractivity contribution is 0.307. The van der Waals surface area contributed by atoms with Gasteiger partial charge in [-0.05, 0) is 65.3 Å². The minimum absolute atomic E-state index is 0.489. The fraction of sp³-hybridized carbons (Fsp3) is 0.182. The first-order valence-corrected chi connectivity index (χ1v) is 9.79. The molecule has 1 aromatic heterocycles. The molecule has 1 aliphatic rings. The van der Waals surface area contributed by atoms with Crippen molar-refractivity contribution in [1.29, 1.82) is 5.26 Å². The molecule has 0 N–H and O–H groups in total. The molecule has 0 aliphatic carbocycles. The van der Waals surface area contributed by atoms with Crippen LogP contribution in [0.5, 0.6) is 5.75 Å². The second-order valence-corrected chi connectivity index (χ2v) is 7.73. The number of imidazole rings is 1. The van der Waals surface area contributed by atoms with Crippen LogP contribution in [0.1, 0.15) is 35.0 Å². The quantitative estimate of drug-likeness (QED) is 0.390. The smallest absolute Gasteiger partial charge is 0.127 e. The van der Waals surface area contributed by atoms with E-state index in [0.29, 0.717) is 12.2 Å². The summed E-state index contributed by atoms with van der Waals surface area (Å²) in [6, 6.07) is 16.7. The largest absolute Gasteiger partial charge is 0.488 e. The van der Waals surface area contributed by atoms with Crippen LogP contribution in [0.3, 0.4) is 0 Å². The lowest BCUT2D eigenvalue weighted by Crippen LogP contribution is -2.03. The molecule has 134 valence electrons. The highest BCUT2D eigenvalue weighted by atomic mass is 127. The number of hydrogen-bond acceptors (Lipinski definition) is 3. The molecule has 0 atom stereocenters. The Morgan fingerprint density at radius 1 is 1.26 bits per heavy atom. The molecule has 0 amide bonds. The van der Waals surface area contributed by atoms with Gasteiger partial charge < -0.3 is 9.30 Å². The average molecular weight is 467 g/mol. The zero-order valence-corrected chi connectivity index (χ0v) is 17.3. The van der Waals surface area contributed by atoms with Crippen LogP contribution in [0.2, 0.25) is 0 Å². The molecule has 0 bridgehead atoms. The molecule has 0 spiro atoms. The van der Waals surface area contributed by atoms with Gasteiger partial charge in [0.25, 0.3) is 0 Å². The first-order chi connectivity index (χ1) is 13.1. The van der Waals surface area contributed by atoms with Crippen LogP contribution in [-0.4, -0.2) is 9.55 Å². The van der Waals surface area contributed by atoms with E-state index in [2.05, 4.69) is 62.6 Å². The van der Waals surface area contributed by atoms with Crippen molar-refractivity contribution >= 4 is 28.2 Å². The predicted octanol–water partition coefficient (Wildman–Crippen LogP) is 5.08. The highest BCUT2D eigenvalue weighted by molar-refractivity contribution is 14.1. The second-order valence-electron chi connectivity index (χ2n) is 6.63. The van der Waals surface area contributed by atoms with Gasteiger partial charge in [0.1, 0.15) is 21.9 Å². The summed E-state index contributed by atoms with van der Waals surface area (Å²) in [7, 11) is 0. The summed E-state index contributed by atoms with van der Waals surface area (Å²) >= 11 is 2.23. The Balaban J connectivity index is 1.80. The van der Waals surface area contributed by atoms with Gasteiger partial charge in [-0.2, -0.15) is 5.26 Å². The van der Waals surface area contributed by atoms with E-state index in [1.54, 1.807) is 0 Å². The molecule has 0 saturated carbocycles. The van der Waals surface area contributed by atoms with Gasteiger partial charge in [-0.3, -0.25) is 0 Å². The Bertz CT molecular complexity index is 1100. The summed E-state index contributed by atoms with van der Waals surface area (Å²) < 4.78 is 9.21. The molecular weight excluding hydrogens is 449 g/mol. The Hall–Kier alpha value is -2.59. The topological polar surface area (TPSA) is 50.8 Å². The van der Waals surface area contributed by atoms with Gasteiger partial charge in [-0.1, -0.05) is 30.3 Å². The standard InChI is InChI=1S/C22H18IN3O/c1-14(10-24)22-18-8-7-16(11-26-12-21(23)25-15(26)2)9-17(18)13-27-20-6-4-3-5-19(20)22/h3-9,12H,11,13H2,1-2H3/b22-14+. The fourth-order valence-electron chi connectivity index (χ4n) is 3.49. The van der Waals surface area contributed by atoms with Crippen LogP contribution in [0, 0.1) is 22.0 Å². The van der Waals surface area contributed by atoms with Gasteiger partial charge in [0.2, 0.25) is 0 Å². The summed E-state index contributed by atoms with van der Waals surface area (Å²) in [5.74, 6) is 1.82. The zero-order chi connectivity index (χ0) is 19.0. The molecule has 0 fully saturated rings. The van der Waals surface area contributed by atoms with Gasteiger partial charge in [0.15, 0.2) is 0 Å². The second kappa shape index (κ2) is 7.20. The van der Waals surface area contributed by atoms with Crippen LogP contribution >= 0.6 is 22.6 Å². The van der Waals surface area contributed by atoms with E-state index >= 15 is 0 Å². The monoisotopic (exact) mass is 467 g/mol. The summed E-state index contributed by atoms with van der Waals surface area (Å²) in [4.78, 5) is 4.46. The van der Waals surface area contributed by atoms with Crippen molar-refractivity contribution in [1.82, 2.24) is 9.55 Å². The molecule has 3 aromatic rings. The molecular formula is C22H18IN3O. The summed E-state index contributed by atoms with van der Waals surface area (Å²) in [5, 5.41) is 9.55. The van der Waals surface area contributed by atoms with Crippen LogP contribution in [-0.2, 0) is 13.2 Å². The van der Waals surface area contributed by atoms with Gasteiger partial charge >= 0.3 is 0 Å². The maximum atomic E-state index is 9.55. The number of aryl methyl sites for hydroxylation is 1. The number of hydrogen-bond donors (Lipinski definition) is 0. The van der Waals surface area contributed by atoms with E-state index in [0.717, 1.165) is 44.1 Å². The van der Waals surface area contributed by atoms with Crippen molar-refractivity contribution in [2.45, 2.75) is 27.0 Å². The van der Waals surface area contributed by atoms with E-state index in [4.69, 9.17) is 4.74 Å². The number of rotatable bonds is 2. The third-order valence-corrected chi connectivity index (χ3v) is 5.34. The molecule has 2 heterocycles. The number of nitriles is 1. The van der Waals surface area contributed by atoms with E-state index in [1.807, 2.05) is 38.1 Å². The van der Waals surface area contributed by atoms with Gasteiger partial charge in [0.05, 0.1) is 6.07 Å². The maximum absolute atomic E-state index is 9.55. The Morgan fingerprint density at radius 2 is 2.07 bits per heavy atom. The van der Waals surface area contributed by atoms with Crippen LogP contribution < -0.4 is 4.74 Å². The number of allylic oxidation sites excluding steroid dienone is 1. The molecule has 5 heteroatoms. The lowest BCUT2D eigenvalue weighted by atomic mass is 9.90. The number of nitrogens with zero attached hydrogens (tertiary/aromatic N) is 3. The first kappa shape index (κ1) is 17.8. The van der Waals surface area contributed by atoms with E-state index in [9.17, 15) is 5.26 Å². The molecule has 4 rings (SSSR count). The summed E-state index contributed by atoms with van der Waals surface area (Å²) in [6.07, 6.45) is 2.05. The highest BCUT2D eigenvalue weighted by Crippen LogP contribution is 2.38. The highest BCUT2D eigenvalue weighted by Gasteiger charge is 2.21. The number of fused-ring (bicyclic) bond motifs is 2. The Labute approximate surface area is 172 Å². The molecule has 0 unspecified atom stereocenters. The van der Waals surface area contributed by atoms with Crippen molar-refractivity contribution < 1.29 is 4.74 Å². The molecule has 27 heavy (non-hydrogen) atoms. The maximum Gasteiger partial charge on any atom is 0.127 e. The zero-order valence-electron chi connectivity index (χ0n) is 15.2. The van der Waals surface area contributed by atoms with Crippen LogP contribution in [0.4, 0.5) is 0 Å². The lowest BCUT2D eigenvalue weighted by Gasteiger charge is -2.13. The molecule has 4 nitrogen and oxygen atoms in total. The first-order valence-electron chi connectivity index (χ1n) is 8.71. The van der Waals surface area contributed by atoms with Crippen molar-refractivity contribution in [3.05, 3.63) is 86.0 Å². The van der Waals surface area contributed by atoms with E-state index in [-0.39, 0.29) is 0 Å². The number of halogens is 1. The van der Waals surface area contributed by atoms with Crippen LogP contribution in [0.15, 0.2) is 54.2 Å². The third kappa shape index (κ3) is 3.37. The SMILES string of the molecule is C/C(C#N)=C1/c2ccc(Cn3cc(I)nc3C)cc2COc2ccccc21. The molecule has 2 aromatic carbocycles. The molecule has 1 aliphatic heterocycles. The fourth-order valence-corrected chi connectivity index (χ4v) is 4.18. The van der Waals surface area contributed by atoms with Gasteiger partial charge in [-0.15, -0.1) is 0 Å². The summed E-state index contributed by atoms with van der Waals surface area (Å²) in [5.41, 5.74) is 5.99. The van der Waals surface area contributed by atoms with E-state index < -0.39 is 0 Å². The van der Waals surface area contributed by atoms with Crippen molar-refractivity contribution in [3.63, 3.8) is 0 Å². The van der Waals surface area contributed by atoms with Crippen molar-refractivity contribution in [2.24, 2.45) is 0 Å². The number of ether oxygens (including phenoxy) is 1. The molecule has 0 radical (unpaired) electrons. The normalized spacial score (nSPS) is 14.4. The minimum atomic E-state index is 0.489. The number of para-hydroxylation sites is 1. The number of benzene rings is 2. The predicted molar refractivity (Wildman–Crippen MR) is 113 cm³/mol. The summed E-state index contributed by atoms with van der Waals surface area (Å²) in [6.45, 7) is 5.13. The number of aromatic nitrogens is 2. The van der Waals surface area contributed by atoms with Crippen LogP contribution in [0.25, 0.3) is 5.57 Å². The van der Waals surface area contributed by atoms with Gasteiger partial charge in [-0.25, -0.2) is 4.98 Å².